The fourth-order valence-electron chi connectivity index (χ4n) is 4.53. The molecule has 12 heteroatoms. The van der Waals surface area contributed by atoms with Gasteiger partial charge < -0.3 is 23.7 Å². The Labute approximate surface area is 270 Å². The summed E-state index contributed by atoms with van der Waals surface area (Å²) in [6.45, 7) is 8.47. The highest BCUT2D eigenvalue weighted by atomic mass is 79.9. The van der Waals surface area contributed by atoms with Gasteiger partial charge in [0.1, 0.15) is 25.0 Å². The molecule has 1 aliphatic heterocycles. The monoisotopic (exact) mass is 734 g/mol. The second-order valence-corrected chi connectivity index (χ2v) is 12.1. The van der Waals surface area contributed by atoms with Crippen LogP contribution < -0.4 is 29.1 Å². The molecule has 0 radical (unpaired) electrons. The predicted octanol–water partition coefficient (Wildman–Crippen LogP) is 5.31. The molecule has 2 heterocycles. The largest absolute Gasteiger partial charge is 0.493 e. The Hall–Kier alpha value is -3.19. The van der Waals surface area contributed by atoms with Gasteiger partial charge in [-0.2, -0.15) is 0 Å². The zero-order valence-corrected chi connectivity index (χ0v) is 28.3. The average molecular weight is 736 g/mol. The lowest BCUT2D eigenvalue weighted by molar-refractivity contribution is -0.140. The van der Waals surface area contributed by atoms with Crippen LogP contribution in [0.2, 0.25) is 0 Å². The van der Waals surface area contributed by atoms with Gasteiger partial charge in [0.25, 0.3) is 5.56 Å². The molecule has 43 heavy (non-hydrogen) atoms. The summed E-state index contributed by atoms with van der Waals surface area (Å²) in [6, 6.07) is 8.26. The van der Waals surface area contributed by atoms with Crippen molar-refractivity contribution >= 4 is 55.2 Å². The Morgan fingerprint density at radius 3 is 2.51 bits per heavy atom. The molecule has 228 valence electrons. The zero-order chi connectivity index (χ0) is 31.1. The van der Waals surface area contributed by atoms with Crippen molar-refractivity contribution in [3.05, 3.63) is 94.0 Å². The van der Waals surface area contributed by atoms with Crippen molar-refractivity contribution in [2.24, 2.45) is 4.99 Å². The number of thiazole rings is 1. The third-order valence-electron chi connectivity index (χ3n) is 6.40. The maximum absolute atomic E-state index is 14.2. The van der Waals surface area contributed by atoms with E-state index in [1.54, 1.807) is 38.3 Å². The van der Waals surface area contributed by atoms with Gasteiger partial charge in [-0.25, -0.2) is 9.79 Å². The van der Waals surface area contributed by atoms with Crippen LogP contribution in [0.3, 0.4) is 0 Å². The van der Waals surface area contributed by atoms with E-state index in [0.29, 0.717) is 60.0 Å². The van der Waals surface area contributed by atoms with Gasteiger partial charge in [-0.3, -0.25) is 9.36 Å². The molecule has 4 rings (SSSR count). The molecule has 0 amide bonds. The molecule has 0 fully saturated rings. The molecule has 9 nitrogen and oxygen atoms in total. The number of esters is 1. The average Bonchev–Trinajstić information content (AvgIpc) is 3.28. The number of ether oxygens (including phenoxy) is 5. The van der Waals surface area contributed by atoms with E-state index in [2.05, 4.69) is 43.4 Å². The van der Waals surface area contributed by atoms with E-state index < -0.39 is 12.0 Å². The lowest BCUT2D eigenvalue weighted by Crippen LogP contribution is -2.40. The van der Waals surface area contributed by atoms with Crippen molar-refractivity contribution in [1.29, 1.82) is 0 Å². The maximum Gasteiger partial charge on any atom is 0.338 e. The molecule has 0 aliphatic carbocycles. The van der Waals surface area contributed by atoms with E-state index in [1.807, 2.05) is 25.1 Å². The first-order valence-electron chi connectivity index (χ1n) is 13.5. The molecule has 0 spiro atoms. The summed E-state index contributed by atoms with van der Waals surface area (Å²) in [5.41, 5.74) is 1.71. The van der Waals surface area contributed by atoms with E-state index in [4.69, 9.17) is 23.7 Å². The Bertz CT molecular complexity index is 1710. The van der Waals surface area contributed by atoms with Crippen molar-refractivity contribution < 1.29 is 28.5 Å². The summed E-state index contributed by atoms with van der Waals surface area (Å²) in [6.07, 6.45) is 4.20. The summed E-state index contributed by atoms with van der Waals surface area (Å²) >= 11 is 8.34. The Morgan fingerprint density at radius 2 is 1.86 bits per heavy atom. The van der Waals surface area contributed by atoms with Gasteiger partial charge in [0.15, 0.2) is 16.3 Å². The topological polar surface area (TPSA) is 97.6 Å². The third kappa shape index (κ3) is 7.14. The molecule has 1 aromatic heterocycles. The number of para-hydroxylation sites is 1. The molecule has 0 bridgehead atoms. The standard InChI is InChI=1S/C31H32Br2N2O7S/c1-6-11-40-27-20(9-8-10-23(27)39-5)26-25(30(37)42-14-13-38-4)18(3)34-31-35(26)29(36)24(43-31)17-19-15-21(32)28(22(33)16-19)41-12-7-2/h7-10,15-17,26H,2,6,11-14H2,1,3-5H3/b24-17+/t26-/m0/s1. The predicted molar refractivity (Wildman–Crippen MR) is 173 cm³/mol. The van der Waals surface area contributed by atoms with Crippen LogP contribution in [0.15, 0.2) is 73.0 Å². The number of hydrogen-bond acceptors (Lipinski definition) is 9. The van der Waals surface area contributed by atoms with Gasteiger partial charge in [-0.1, -0.05) is 43.0 Å². The number of rotatable bonds is 13. The van der Waals surface area contributed by atoms with Crippen molar-refractivity contribution in [1.82, 2.24) is 4.57 Å². The summed E-state index contributed by atoms with van der Waals surface area (Å²) in [7, 11) is 3.08. The highest BCUT2D eigenvalue weighted by Gasteiger charge is 2.36. The van der Waals surface area contributed by atoms with Gasteiger partial charge in [-0.15, -0.1) is 0 Å². The molecule has 0 unspecified atom stereocenters. The first kappa shape index (κ1) is 32.7. The van der Waals surface area contributed by atoms with Crippen LogP contribution >= 0.6 is 43.2 Å². The molecule has 2 aromatic carbocycles. The number of aromatic nitrogens is 1. The Kier molecular flexibility index (Phi) is 11.4. The number of nitrogens with zero attached hydrogens (tertiary/aromatic N) is 2. The highest BCUT2D eigenvalue weighted by Crippen LogP contribution is 2.41. The van der Waals surface area contributed by atoms with Crippen molar-refractivity contribution in [2.75, 3.05) is 40.6 Å². The first-order valence-corrected chi connectivity index (χ1v) is 15.9. The molecular formula is C31H32Br2N2O7S. The van der Waals surface area contributed by atoms with E-state index in [1.165, 1.54) is 23.0 Å². The number of carbonyl (C=O) groups is 1. The summed E-state index contributed by atoms with van der Waals surface area (Å²) in [5.74, 6) is 0.975. The summed E-state index contributed by atoms with van der Waals surface area (Å²) in [4.78, 5) is 32.8. The van der Waals surface area contributed by atoms with Crippen LogP contribution in [0.4, 0.5) is 0 Å². The first-order chi connectivity index (χ1) is 20.7. The summed E-state index contributed by atoms with van der Waals surface area (Å²) in [5, 5.41) is 0. The smallest absolute Gasteiger partial charge is 0.338 e. The van der Waals surface area contributed by atoms with Crippen molar-refractivity contribution in [2.45, 2.75) is 26.3 Å². The zero-order valence-electron chi connectivity index (χ0n) is 24.3. The molecule has 0 saturated carbocycles. The minimum atomic E-state index is -0.872. The third-order valence-corrected chi connectivity index (χ3v) is 8.56. The SMILES string of the molecule is C=CCOc1c(Br)cc(/C=c2/sc3n(c2=O)[C@@H](c2cccc(OC)c2OCCC)C(C(=O)OCCOC)=C(C)N=3)cc1Br. The van der Waals surface area contributed by atoms with Gasteiger partial charge in [0, 0.05) is 12.7 Å². The fraction of sp³-hybridized carbons (Fsp3) is 0.323. The Balaban J connectivity index is 1.93. The van der Waals surface area contributed by atoms with Crippen LogP contribution in [0.5, 0.6) is 17.2 Å². The number of benzene rings is 2. The van der Waals surface area contributed by atoms with Crippen molar-refractivity contribution in [3.8, 4) is 17.2 Å². The molecular weight excluding hydrogens is 704 g/mol. The second kappa shape index (κ2) is 15.0. The van der Waals surface area contributed by atoms with Gasteiger partial charge in [0.05, 0.1) is 45.1 Å². The molecule has 0 saturated heterocycles. The van der Waals surface area contributed by atoms with E-state index in [0.717, 1.165) is 12.0 Å². The lowest BCUT2D eigenvalue weighted by atomic mass is 9.94. The van der Waals surface area contributed by atoms with Gasteiger partial charge in [-0.05, 0) is 75.0 Å². The van der Waals surface area contributed by atoms with Crippen LogP contribution in [0.25, 0.3) is 6.08 Å². The van der Waals surface area contributed by atoms with Crippen molar-refractivity contribution in [3.63, 3.8) is 0 Å². The summed E-state index contributed by atoms with van der Waals surface area (Å²) < 4.78 is 31.5. The number of carbonyl (C=O) groups excluding carboxylic acids is 1. The van der Waals surface area contributed by atoms with Crippen LogP contribution in [0, 0.1) is 0 Å². The van der Waals surface area contributed by atoms with E-state index >= 15 is 0 Å². The molecule has 1 aliphatic rings. The Morgan fingerprint density at radius 1 is 1.12 bits per heavy atom. The number of hydrogen-bond donors (Lipinski definition) is 0. The van der Waals surface area contributed by atoms with Crippen LogP contribution in [-0.4, -0.2) is 51.2 Å². The normalized spacial score (nSPS) is 14.7. The maximum atomic E-state index is 14.2. The molecule has 1 atom stereocenters. The van der Waals surface area contributed by atoms with Gasteiger partial charge in [0.2, 0.25) is 0 Å². The van der Waals surface area contributed by atoms with Crippen LogP contribution in [0.1, 0.15) is 37.4 Å². The quantitative estimate of drug-likeness (QED) is 0.133. The van der Waals surface area contributed by atoms with E-state index in [9.17, 15) is 9.59 Å². The highest BCUT2D eigenvalue weighted by molar-refractivity contribution is 9.11. The number of allylic oxidation sites excluding steroid dienone is 1. The minimum absolute atomic E-state index is 0.0524. The second-order valence-electron chi connectivity index (χ2n) is 9.35. The number of fused-ring (bicyclic) bond motifs is 1. The molecule has 0 N–H and O–H groups in total. The minimum Gasteiger partial charge on any atom is -0.493 e. The van der Waals surface area contributed by atoms with E-state index in [-0.39, 0.29) is 24.3 Å². The lowest BCUT2D eigenvalue weighted by Gasteiger charge is -2.27. The van der Waals surface area contributed by atoms with Gasteiger partial charge >= 0.3 is 5.97 Å². The fourth-order valence-corrected chi connectivity index (χ4v) is 7.03. The van der Waals surface area contributed by atoms with Crippen LogP contribution in [-0.2, 0) is 14.3 Å². The molecule has 3 aromatic rings. The number of methoxy groups -OCH3 is 2. The number of halogens is 2.